The highest BCUT2D eigenvalue weighted by molar-refractivity contribution is 6.00. The molecular formula is C15H25NO6. The van der Waals surface area contributed by atoms with Gasteiger partial charge in [0.05, 0.1) is 12.0 Å². The van der Waals surface area contributed by atoms with Crippen LogP contribution in [0.1, 0.15) is 40.5 Å². The lowest BCUT2D eigenvalue weighted by atomic mass is 9.68. The molecule has 0 saturated carbocycles. The predicted molar refractivity (Wildman–Crippen MR) is 78.1 cm³/mol. The van der Waals surface area contributed by atoms with Gasteiger partial charge in [-0.15, -0.1) is 0 Å². The maximum absolute atomic E-state index is 12.4. The number of piperidine rings is 1. The largest absolute Gasteiger partial charge is 0.481 e. The van der Waals surface area contributed by atoms with Crippen LogP contribution in [-0.4, -0.2) is 48.3 Å². The predicted octanol–water partition coefficient (Wildman–Crippen LogP) is 0.962. The normalized spacial score (nSPS) is 19.1. The van der Waals surface area contributed by atoms with Crippen molar-refractivity contribution in [1.82, 2.24) is 5.32 Å². The molecule has 0 aromatic heterocycles. The van der Waals surface area contributed by atoms with Crippen LogP contribution in [0.2, 0.25) is 0 Å². The lowest BCUT2D eigenvalue weighted by molar-refractivity contribution is -0.184. The summed E-state index contributed by atoms with van der Waals surface area (Å²) in [5, 5.41) is 12.6. The van der Waals surface area contributed by atoms with Gasteiger partial charge in [-0.2, -0.15) is 0 Å². The number of hydrogen-bond acceptors (Lipinski definition) is 6. The summed E-state index contributed by atoms with van der Waals surface area (Å²) in [7, 11) is 0. The van der Waals surface area contributed by atoms with Crippen LogP contribution >= 0.6 is 0 Å². The topological polar surface area (TPSA) is 102 Å². The maximum Gasteiger partial charge on any atom is 0.322 e. The lowest BCUT2D eigenvalue weighted by Gasteiger charge is -2.39. The van der Waals surface area contributed by atoms with Crippen LogP contribution in [0.15, 0.2) is 0 Å². The van der Waals surface area contributed by atoms with E-state index in [2.05, 4.69) is 5.32 Å². The third-order valence-corrected chi connectivity index (χ3v) is 3.62. The summed E-state index contributed by atoms with van der Waals surface area (Å²) in [5.74, 6) is -4.46. The zero-order valence-corrected chi connectivity index (χ0v) is 13.6. The zero-order valence-electron chi connectivity index (χ0n) is 13.6. The van der Waals surface area contributed by atoms with E-state index in [-0.39, 0.29) is 19.4 Å². The minimum Gasteiger partial charge on any atom is -0.481 e. The molecule has 2 N–H and O–H groups in total. The molecule has 1 heterocycles. The number of carbonyl (C=O) groups is 3. The molecule has 126 valence electrons. The highest BCUT2D eigenvalue weighted by Crippen LogP contribution is 2.40. The second-order valence-electron chi connectivity index (χ2n) is 6.43. The molecular weight excluding hydrogens is 290 g/mol. The van der Waals surface area contributed by atoms with E-state index in [1.165, 1.54) is 0 Å². The molecule has 7 nitrogen and oxygen atoms in total. The van der Waals surface area contributed by atoms with Crippen molar-refractivity contribution < 1.29 is 29.0 Å². The summed E-state index contributed by atoms with van der Waals surface area (Å²) in [4.78, 5) is 36.5. The summed E-state index contributed by atoms with van der Waals surface area (Å²) < 4.78 is 10.3. The van der Waals surface area contributed by atoms with Gasteiger partial charge in [-0.1, -0.05) is 0 Å². The fourth-order valence-electron chi connectivity index (χ4n) is 2.68. The zero-order chi connectivity index (χ0) is 17.0. The molecule has 1 aliphatic heterocycles. The van der Waals surface area contributed by atoms with Crippen molar-refractivity contribution in [2.45, 2.75) is 46.1 Å². The summed E-state index contributed by atoms with van der Waals surface area (Å²) in [6, 6.07) is 0. The Bertz CT molecular complexity index is 434. The highest BCUT2D eigenvalue weighted by Gasteiger charge is 2.55. The Hall–Kier alpha value is -1.63. The van der Waals surface area contributed by atoms with E-state index < -0.39 is 34.8 Å². The first-order valence-corrected chi connectivity index (χ1v) is 7.47. The second kappa shape index (κ2) is 7.09. The van der Waals surface area contributed by atoms with Crippen LogP contribution in [0.3, 0.4) is 0 Å². The van der Waals surface area contributed by atoms with E-state index in [1.807, 2.05) is 0 Å². The molecule has 1 unspecified atom stereocenters. The Balaban J connectivity index is 3.18. The van der Waals surface area contributed by atoms with E-state index in [0.29, 0.717) is 13.1 Å². The molecule has 0 aromatic carbocycles. The summed E-state index contributed by atoms with van der Waals surface area (Å²) >= 11 is 0. The van der Waals surface area contributed by atoms with E-state index in [9.17, 15) is 19.5 Å². The van der Waals surface area contributed by atoms with E-state index in [1.54, 1.807) is 27.7 Å². The van der Waals surface area contributed by atoms with Crippen molar-refractivity contribution in [3.05, 3.63) is 0 Å². The molecule has 1 aliphatic rings. The maximum atomic E-state index is 12.4. The smallest absolute Gasteiger partial charge is 0.322 e. The third-order valence-electron chi connectivity index (χ3n) is 3.62. The monoisotopic (exact) mass is 315 g/mol. The molecule has 1 rings (SSSR count). The first-order chi connectivity index (χ1) is 10.1. The number of carboxylic acid groups (broad SMARTS) is 1. The van der Waals surface area contributed by atoms with Gasteiger partial charge in [-0.05, 0) is 53.6 Å². The first kappa shape index (κ1) is 18.4. The van der Waals surface area contributed by atoms with Crippen LogP contribution in [0.5, 0.6) is 0 Å². The molecule has 0 radical (unpaired) electrons. The van der Waals surface area contributed by atoms with Crippen molar-refractivity contribution in [3.63, 3.8) is 0 Å². The standard InChI is InChI=1S/C15H25NO6/c1-5-21-13(20)15(6-8-16-9-7-15)10(11(17)18)12(19)22-14(2,3)4/h10,16H,5-9H2,1-4H3,(H,17,18). The van der Waals surface area contributed by atoms with Gasteiger partial charge in [0.25, 0.3) is 0 Å². The molecule has 1 fully saturated rings. The molecule has 1 saturated heterocycles. The molecule has 0 bridgehead atoms. The average Bonchev–Trinajstić information content (AvgIpc) is 2.37. The average molecular weight is 315 g/mol. The number of esters is 2. The number of nitrogens with one attached hydrogen (secondary N) is 1. The summed E-state index contributed by atoms with van der Waals surface area (Å²) in [6.07, 6.45) is 0.448. The number of carbonyl (C=O) groups excluding carboxylic acids is 2. The van der Waals surface area contributed by atoms with Gasteiger partial charge < -0.3 is 19.9 Å². The van der Waals surface area contributed by atoms with Crippen molar-refractivity contribution in [2.75, 3.05) is 19.7 Å². The number of aliphatic carboxylic acids is 1. The lowest BCUT2D eigenvalue weighted by Crippen LogP contribution is -2.54. The number of rotatable bonds is 5. The van der Waals surface area contributed by atoms with Gasteiger partial charge in [0, 0.05) is 0 Å². The van der Waals surface area contributed by atoms with Crippen LogP contribution < -0.4 is 5.32 Å². The van der Waals surface area contributed by atoms with E-state index in [4.69, 9.17) is 9.47 Å². The Morgan fingerprint density at radius 3 is 2.18 bits per heavy atom. The van der Waals surface area contributed by atoms with E-state index >= 15 is 0 Å². The number of ether oxygens (including phenoxy) is 2. The molecule has 0 aliphatic carbocycles. The Labute approximate surface area is 130 Å². The summed E-state index contributed by atoms with van der Waals surface area (Å²) in [6.45, 7) is 7.65. The first-order valence-electron chi connectivity index (χ1n) is 7.47. The van der Waals surface area contributed by atoms with Crippen LogP contribution in [0.25, 0.3) is 0 Å². The van der Waals surface area contributed by atoms with Gasteiger partial charge in [0.2, 0.25) is 0 Å². The van der Waals surface area contributed by atoms with Crippen LogP contribution in [0.4, 0.5) is 0 Å². The van der Waals surface area contributed by atoms with Crippen molar-refractivity contribution >= 4 is 17.9 Å². The quantitative estimate of drug-likeness (QED) is 0.575. The number of carboxylic acids is 1. The van der Waals surface area contributed by atoms with Gasteiger partial charge in [-0.3, -0.25) is 14.4 Å². The van der Waals surface area contributed by atoms with Crippen molar-refractivity contribution in [1.29, 1.82) is 0 Å². The van der Waals surface area contributed by atoms with Crippen molar-refractivity contribution in [3.8, 4) is 0 Å². The SMILES string of the molecule is CCOC(=O)C1(C(C(=O)O)C(=O)OC(C)(C)C)CCNCC1. The van der Waals surface area contributed by atoms with E-state index in [0.717, 1.165) is 0 Å². The number of hydrogen-bond donors (Lipinski definition) is 2. The van der Waals surface area contributed by atoms with Crippen LogP contribution in [-0.2, 0) is 23.9 Å². The fourth-order valence-corrected chi connectivity index (χ4v) is 2.68. The molecule has 0 aromatic rings. The third kappa shape index (κ3) is 4.19. The molecule has 22 heavy (non-hydrogen) atoms. The van der Waals surface area contributed by atoms with Crippen molar-refractivity contribution in [2.24, 2.45) is 11.3 Å². The second-order valence-corrected chi connectivity index (χ2v) is 6.43. The van der Waals surface area contributed by atoms with Gasteiger partial charge in [-0.25, -0.2) is 0 Å². The van der Waals surface area contributed by atoms with Gasteiger partial charge in [0.1, 0.15) is 5.60 Å². The molecule has 1 atom stereocenters. The molecule has 7 heteroatoms. The fraction of sp³-hybridized carbons (Fsp3) is 0.800. The minimum absolute atomic E-state index is 0.134. The van der Waals surface area contributed by atoms with Gasteiger partial charge in [0.15, 0.2) is 5.92 Å². The molecule has 0 amide bonds. The Kier molecular flexibility index (Phi) is 5.93. The Morgan fingerprint density at radius 1 is 1.23 bits per heavy atom. The highest BCUT2D eigenvalue weighted by atomic mass is 16.6. The molecule has 0 spiro atoms. The minimum atomic E-state index is -1.56. The Morgan fingerprint density at radius 2 is 1.77 bits per heavy atom. The van der Waals surface area contributed by atoms with Gasteiger partial charge >= 0.3 is 17.9 Å². The van der Waals surface area contributed by atoms with Crippen LogP contribution in [0, 0.1) is 11.3 Å². The summed E-state index contributed by atoms with van der Waals surface area (Å²) in [5.41, 5.74) is -2.21.